The van der Waals surface area contributed by atoms with E-state index >= 15 is 0 Å². The van der Waals surface area contributed by atoms with Gasteiger partial charge in [0.15, 0.2) is 16.6 Å². The number of anilines is 13. The van der Waals surface area contributed by atoms with Crippen LogP contribution in [-0.4, -0.2) is 238 Å². The molecule has 12 N–H and O–H groups in total. The lowest BCUT2D eigenvalue weighted by molar-refractivity contribution is 0.0986. The fourth-order valence-electron chi connectivity index (χ4n) is 12.3. The first-order chi connectivity index (χ1) is 59.2. The number of pyridine rings is 4. The Balaban J connectivity index is 0.000000139. The van der Waals surface area contributed by atoms with E-state index in [1.807, 2.05) is 42.5 Å². The average Bonchev–Trinajstić information content (AvgIpc) is 1.82. The van der Waals surface area contributed by atoms with Gasteiger partial charge in [-0.2, -0.15) is 0 Å². The quantitative estimate of drug-likeness (QED) is 0.0265. The van der Waals surface area contributed by atoms with Crippen LogP contribution in [0.5, 0.6) is 17.2 Å². The van der Waals surface area contributed by atoms with E-state index in [1.165, 1.54) is 7.11 Å². The van der Waals surface area contributed by atoms with Gasteiger partial charge in [-0.05, 0) is 72.3 Å². The molecule has 7 amide bonds. The predicted molar refractivity (Wildman–Crippen MR) is 462 cm³/mol. The van der Waals surface area contributed by atoms with Crippen LogP contribution in [0.4, 0.5) is 77.2 Å². The fourth-order valence-corrected chi connectivity index (χ4v) is 14.9. The number of nitrogens with zero attached hydrogens (tertiary/aromatic N) is 18. The van der Waals surface area contributed by atoms with Gasteiger partial charge in [-0.15, -0.1) is 40.8 Å². The first-order valence-corrected chi connectivity index (χ1v) is 41.0. The molecule has 4 aliphatic rings. The van der Waals surface area contributed by atoms with Gasteiger partial charge in [-0.1, -0.05) is 69.6 Å². The number of nitrogens with one attached hydrogen (secondary N) is 12. The number of aromatic nitrogens is 14. The molecule has 40 nitrogen and oxygen atoms in total. The normalized spacial score (nSPS) is 13.6. The van der Waals surface area contributed by atoms with Gasteiger partial charge in [0.25, 0.3) is 29.5 Å². The smallest absolute Gasteiger partial charge is 0.325 e. The molecule has 4 fully saturated rings. The molecule has 4 aliphatic heterocycles. The summed E-state index contributed by atoms with van der Waals surface area (Å²) in [6, 6.07) is 28.0. The summed E-state index contributed by atoms with van der Waals surface area (Å²) in [4.78, 5) is 121. The molecule has 0 radical (unpaired) electrons. The highest BCUT2D eigenvalue weighted by Gasteiger charge is 2.26. The number of amides is 7. The van der Waals surface area contributed by atoms with Crippen molar-refractivity contribution in [2.45, 2.75) is 6.42 Å². The average molecular weight is 1720 g/mol. The molecule has 0 spiro atoms. The van der Waals surface area contributed by atoms with E-state index in [2.05, 4.69) is 154 Å². The predicted octanol–water partition coefficient (Wildman–Crippen LogP) is 7.26. The molecular formula is C77H82N30O10S4. The highest BCUT2D eigenvalue weighted by atomic mass is 32.1. The Hall–Kier alpha value is -13.9. The number of ether oxygens (including phenoxy) is 3. The molecule has 44 heteroatoms. The van der Waals surface area contributed by atoms with E-state index in [1.54, 1.807) is 137 Å². The fraction of sp³-hybridized carbons (Fsp3) is 0.260. The molecule has 0 unspecified atom stereocenters. The maximum absolute atomic E-state index is 12.7. The monoisotopic (exact) mass is 1710 g/mol. The molecule has 0 aliphatic carbocycles. The van der Waals surface area contributed by atoms with Crippen LogP contribution in [0.3, 0.4) is 0 Å². The highest BCUT2D eigenvalue weighted by Crippen LogP contribution is 2.32. The summed E-state index contributed by atoms with van der Waals surface area (Å²) in [7, 11) is 4.65. The first kappa shape index (κ1) is 85.0. The van der Waals surface area contributed by atoms with Gasteiger partial charge in [0.2, 0.25) is 35.4 Å². The van der Waals surface area contributed by atoms with Crippen LogP contribution in [0.1, 0.15) is 64.9 Å². The second kappa shape index (κ2) is 43.0. The zero-order valence-corrected chi connectivity index (χ0v) is 68.6. The van der Waals surface area contributed by atoms with E-state index in [4.69, 9.17) is 14.2 Å². The van der Waals surface area contributed by atoms with Gasteiger partial charge < -0.3 is 87.0 Å². The van der Waals surface area contributed by atoms with Crippen LogP contribution < -0.4 is 97.6 Å². The van der Waals surface area contributed by atoms with Crippen LogP contribution in [0.2, 0.25) is 0 Å². The van der Waals surface area contributed by atoms with Crippen molar-refractivity contribution in [2.75, 3.05) is 188 Å². The molecule has 121 heavy (non-hydrogen) atoms. The summed E-state index contributed by atoms with van der Waals surface area (Å²) in [6.07, 6.45) is 18.2. The molecule has 9 aromatic heterocycles. The van der Waals surface area contributed by atoms with Crippen molar-refractivity contribution in [1.82, 2.24) is 92.0 Å². The highest BCUT2D eigenvalue weighted by molar-refractivity contribution is 7.18. The summed E-state index contributed by atoms with van der Waals surface area (Å²) in [5, 5.41) is 68.6. The second-order valence-electron chi connectivity index (χ2n) is 26.1. The van der Waals surface area contributed by atoms with Gasteiger partial charge in [0, 0.05) is 166 Å². The van der Waals surface area contributed by atoms with Crippen molar-refractivity contribution in [3.05, 3.63) is 201 Å². The number of benzene rings is 3. The molecule has 13 heterocycles. The minimum absolute atomic E-state index is 0.122. The van der Waals surface area contributed by atoms with Crippen molar-refractivity contribution in [2.24, 2.45) is 0 Å². The summed E-state index contributed by atoms with van der Waals surface area (Å²) in [6.45, 7) is 13.9. The lowest BCUT2D eigenvalue weighted by atomic mass is 10.1. The number of hydrogen-bond donors (Lipinski definition) is 12. The van der Waals surface area contributed by atoms with Crippen LogP contribution in [0, 0.1) is 0 Å². The third-order valence-corrected chi connectivity index (χ3v) is 21.6. The SMILES string of the molecule is COc1cccc(C(=O)Nc2nnc(C(=O)Nc3cnccc3N3CCNCC3)s2)c1.COc1cccc(CC(=O)c2nnc(C(=O)Nc3cnccc3N3CCNCC3)s2)c1.COc1cccc(NC(=O)Nc2nnc(C(=O)Nc3cnccc3N3CCNCC3)s2)c1.O=C(Nc1cnccc1N1CCNCC1)c1nnc(Nc2cnccn2)s1. The molecule has 0 atom stereocenters. The molecule has 624 valence electrons. The summed E-state index contributed by atoms with van der Waals surface area (Å²) in [5.74, 6) is 0.259. The molecule has 0 saturated carbocycles. The molecular weight excluding hydrogens is 1630 g/mol. The van der Waals surface area contributed by atoms with Crippen molar-refractivity contribution in [3.8, 4) is 17.2 Å². The standard InChI is InChI=1S/C21H22N6O3S.C20H22N8O3S.C20H21N7O3S.C16H17N9OS/c1-30-15-4-2-3-14(11-15)12-18(28)20-25-26-21(31-20)19(29)24-16-13-23-6-5-17(16)27-9-7-22-8-10-27;1-31-14-4-2-3-13(11-14)23-19(30)25-20-27-26-18(32-20)17(29)24-15-12-22-6-5-16(15)28-9-7-21-8-10-28;1-30-14-4-2-3-13(11-14)17(28)24-20-26-25-19(31-20)18(29)23-15-12-22-6-5-16(15)27-9-7-21-8-10-27;26-14(15-23-24-16(27-15)22-13-10-19-3-4-20-13)21-11-9-18-2-1-12(11)25-7-5-17-6-8-25/h2-6,11,13,22H,7-10,12H2,1H3,(H,24,29);2-6,11-12,21H,7-10H2,1H3,(H,24,29)(H2,23,25,27,30);2-6,11-12,21H,7-10H2,1H3,(H,23,29)(H,24,26,28);1-4,9-10,17H,5-8H2,(H,21,26)(H,20,22,24). The maximum Gasteiger partial charge on any atom is 0.325 e. The van der Waals surface area contributed by atoms with Gasteiger partial charge in [-0.25, -0.2) is 9.78 Å². The number of piperazine rings is 4. The Morgan fingerprint density at radius 2 is 0.744 bits per heavy atom. The molecule has 0 bridgehead atoms. The van der Waals surface area contributed by atoms with E-state index in [0.717, 1.165) is 178 Å². The Kier molecular flexibility index (Phi) is 30.2. The van der Waals surface area contributed by atoms with Gasteiger partial charge in [0.1, 0.15) is 17.2 Å². The topological polar surface area (TPSA) is 485 Å². The Labute approximate surface area is 708 Å². The number of hydrogen-bond acceptors (Lipinski definition) is 37. The second-order valence-corrected chi connectivity index (χ2v) is 30.1. The third-order valence-electron chi connectivity index (χ3n) is 18.1. The molecule has 3 aromatic carbocycles. The number of rotatable bonds is 24. The number of ketones is 1. The minimum Gasteiger partial charge on any atom is -0.497 e. The largest absolute Gasteiger partial charge is 0.497 e. The van der Waals surface area contributed by atoms with E-state index in [0.29, 0.717) is 62.2 Å². The number of Topliss-reactive ketones (excluding diaryl/α,β-unsaturated/α-hetero) is 1. The van der Waals surface area contributed by atoms with E-state index in [9.17, 15) is 33.6 Å². The number of carbonyl (C=O) groups is 7. The Morgan fingerprint density at radius 1 is 0.364 bits per heavy atom. The van der Waals surface area contributed by atoms with Crippen LogP contribution in [0.25, 0.3) is 0 Å². The van der Waals surface area contributed by atoms with Crippen molar-refractivity contribution in [3.63, 3.8) is 0 Å². The number of urea groups is 1. The summed E-state index contributed by atoms with van der Waals surface area (Å²) in [5.41, 5.74) is 7.89. The van der Waals surface area contributed by atoms with Crippen molar-refractivity contribution < 1.29 is 47.8 Å². The maximum atomic E-state index is 12.7. The zero-order chi connectivity index (χ0) is 84.1. The van der Waals surface area contributed by atoms with Crippen LogP contribution >= 0.6 is 45.3 Å². The molecule has 4 saturated heterocycles. The lowest BCUT2D eigenvalue weighted by Crippen LogP contribution is -2.43. The first-order valence-electron chi connectivity index (χ1n) is 37.7. The van der Waals surface area contributed by atoms with Crippen molar-refractivity contribution >= 4 is 159 Å². The summed E-state index contributed by atoms with van der Waals surface area (Å²) >= 11 is 4.09. The van der Waals surface area contributed by atoms with Crippen molar-refractivity contribution in [1.29, 1.82) is 0 Å². The Morgan fingerprint density at radius 3 is 1.19 bits per heavy atom. The van der Waals surface area contributed by atoms with E-state index < -0.39 is 23.8 Å². The van der Waals surface area contributed by atoms with Gasteiger partial charge in [0.05, 0.1) is 97.8 Å². The summed E-state index contributed by atoms with van der Waals surface area (Å²) < 4.78 is 15.4. The number of carbonyl (C=O) groups excluding carboxylic acids is 7. The minimum atomic E-state index is -0.505. The molecule has 16 rings (SSSR count). The molecule has 12 aromatic rings. The zero-order valence-electron chi connectivity index (χ0n) is 65.4. The van der Waals surface area contributed by atoms with Gasteiger partial charge >= 0.3 is 6.03 Å². The lowest BCUT2D eigenvalue weighted by Gasteiger charge is -2.30. The van der Waals surface area contributed by atoms with Crippen LogP contribution in [0.15, 0.2) is 165 Å². The van der Waals surface area contributed by atoms with Crippen LogP contribution in [-0.2, 0) is 6.42 Å². The van der Waals surface area contributed by atoms with Gasteiger partial charge in [-0.3, -0.25) is 64.3 Å². The number of methoxy groups -OCH3 is 3. The van der Waals surface area contributed by atoms with E-state index in [-0.39, 0.29) is 59.3 Å². The Bertz CT molecular complexity index is 5510. The third kappa shape index (κ3) is 24.2.